The Balaban J connectivity index is 1.86. The van der Waals surface area contributed by atoms with Crippen molar-refractivity contribution < 1.29 is 19.8 Å². The van der Waals surface area contributed by atoms with Crippen molar-refractivity contribution in [2.75, 3.05) is 0 Å². The van der Waals surface area contributed by atoms with Gasteiger partial charge >= 0.3 is 11.9 Å². The number of aliphatic carboxylic acids is 2. The molecule has 0 spiro atoms. The van der Waals surface area contributed by atoms with Gasteiger partial charge in [0, 0.05) is 25.2 Å². The number of aromatic nitrogens is 2. The van der Waals surface area contributed by atoms with Gasteiger partial charge in [-0.05, 0) is 73.9 Å². The molecule has 2 rings (SSSR count). The van der Waals surface area contributed by atoms with E-state index in [1.807, 2.05) is 12.1 Å². The first-order valence-corrected chi connectivity index (χ1v) is 9.88. The van der Waals surface area contributed by atoms with Crippen LogP contribution < -0.4 is 0 Å². The van der Waals surface area contributed by atoms with E-state index in [1.165, 1.54) is 11.1 Å². The Labute approximate surface area is 165 Å². The Morgan fingerprint density at radius 1 is 0.679 bits per heavy atom. The van der Waals surface area contributed by atoms with Gasteiger partial charge in [0.25, 0.3) is 0 Å². The molecule has 0 fully saturated rings. The molecule has 0 saturated heterocycles. The third-order valence-corrected chi connectivity index (χ3v) is 4.62. The Hall–Kier alpha value is -2.76. The zero-order chi connectivity index (χ0) is 20.2. The standard InChI is InChI=1S/C22H28N2O4/c25-21(26)9-5-1-3-7-17-11-13-23-19(15-17)20-16-18(12-14-24-20)8-4-2-6-10-22(27)28/h11-16H,1-10H2,(H,25,26)(H,27,28). The van der Waals surface area contributed by atoms with Gasteiger partial charge in [-0.1, -0.05) is 12.8 Å². The fourth-order valence-electron chi connectivity index (χ4n) is 3.10. The van der Waals surface area contributed by atoms with E-state index in [0.29, 0.717) is 12.8 Å². The summed E-state index contributed by atoms with van der Waals surface area (Å²) in [6.45, 7) is 0. The minimum atomic E-state index is -0.737. The van der Waals surface area contributed by atoms with E-state index in [0.717, 1.165) is 49.9 Å². The molecule has 150 valence electrons. The molecule has 0 bridgehead atoms. The molecule has 0 aliphatic rings. The zero-order valence-corrected chi connectivity index (χ0v) is 16.1. The molecular weight excluding hydrogens is 356 g/mol. The maximum atomic E-state index is 10.5. The van der Waals surface area contributed by atoms with Crippen molar-refractivity contribution in [3.63, 3.8) is 0 Å². The first-order valence-electron chi connectivity index (χ1n) is 9.88. The highest BCUT2D eigenvalue weighted by Gasteiger charge is 2.05. The van der Waals surface area contributed by atoms with E-state index in [1.54, 1.807) is 12.4 Å². The van der Waals surface area contributed by atoms with Crippen molar-refractivity contribution in [1.29, 1.82) is 0 Å². The van der Waals surface area contributed by atoms with Crippen LogP contribution in [0.2, 0.25) is 0 Å². The molecule has 0 radical (unpaired) electrons. The minimum absolute atomic E-state index is 0.231. The summed E-state index contributed by atoms with van der Waals surface area (Å²) in [5.41, 5.74) is 4.05. The summed E-state index contributed by atoms with van der Waals surface area (Å²) in [4.78, 5) is 30.0. The molecule has 2 aromatic rings. The lowest BCUT2D eigenvalue weighted by Crippen LogP contribution is -1.96. The average Bonchev–Trinajstić information content (AvgIpc) is 2.67. The van der Waals surface area contributed by atoms with Crippen LogP contribution in [0, 0.1) is 0 Å². The highest BCUT2D eigenvalue weighted by Crippen LogP contribution is 2.19. The Morgan fingerprint density at radius 3 is 1.50 bits per heavy atom. The van der Waals surface area contributed by atoms with Crippen LogP contribution in [-0.4, -0.2) is 32.1 Å². The van der Waals surface area contributed by atoms with Gasteiger partial charge in [-0.2, -0.15) is 0 Å². The second-order valence-electron chi connectivity index (χ2n) is 7.01. The van der Waals surface area contributed by atoms with Crippen LogP contribution in [0.25, 0.3) is 11.4 Å². The molecule has 2 N–H and O–H groups in total. The Morgan fingerprint density at radius 2 is 1.11 bits per heavy atom. The molecule has 6 heteroatoms. The Bertz CT molecular complexity index is 711. The third kappa shape index (κ3) is 8.29. The lowest BCUT2D eigenvalue weighted by molar-refractivity contribution is -0.138. The molecule has 2 heterocycles. The number of hydrogen-bond acceptors (Lipinski definition) is 4. The highest BCUT2D eigenvalue weighted by molar-refractivity contribution is 5.66. The first-order chi connectivity index (χ1) is 13.5. The van der Waals surface area contributed by atoms with Crippen LogP contribution in [0.3, 0.4) is 0 Å². The molecule has 0 unspecified atom stereocenters. The zero-order valence-electron chi connectivity index (χ0n) is 16.1. The SMILES string of the molecule is O=C(O)CCCCCc1ccnc(-c2cc(CCCCCC(=O)O)ccn2)c1. The van der Waals surface area contributed by atoms with E-state index in [4.69, 9.17) is 10.2 Å². The Kier molecular flexibility index (Phi) is 9.11. The molecule has 0 aromatic carbocycles. The molecule has 6 nitrogen and oxygen atoms in total. The topological polar surface area (TPSA) is 100 Å². The van der Waals surface area contributed by atoms with E-state index >= 15 is 0 Å². The molecule has 0 atom stereocenters. The quantitative estimate of drug-likeness (QED) is 0.493. The molecule has 0 amide bonds. The van der Waals surface area contributed by atoms with Gasteiger partial charge in [-0.15, -0.1) is 0 Å². The van der Waals surface area contributed by atoms with Gasteiger partial charge < -0.3 is 10.2 Å². The summed E-state index contributed by atoms with van der Waals surface area (Å²) < 4.78 is 0. The summed E-state index contributed by atoms with van der Waals surface area (Å²) >= 11 is 0. The van der Waals surface area contributed by atoms with E-state index in [9.17, 15) is 9.59 Å². The fourth-order valence-corrected chi connectivity index (χ4v) is 3.10. The lowest BCUT2D eigenvalue weighted by atomic mass is 10.0. The van der Waals surface area contributed by atoms with Crippen molar-refractivity contribution in [3.05, 3.63) is 47.8 Å². The average molecular weight is 384 g/mol. The number of carboxylic acid groups (broad SMARTS) is 2. The number of aryl methyl sites for hydroxylation is 2. The molecule has 0 saturated carbocycles. The van der Waals surface area contributed by atoms with Crippen LogP contribution in [0.5, 0.6) is 0 Å². The van der Waals surface area contributed by atoms with E-state index < -0.39 is 11.9 Å². The number of pyridine rings is 2. The van der Waals surface area contributed by atoms with Gasteiger partial charge in [0.15, 0.2) is 0 Å². The van der Waals surface area contributed by atoms with Crippen molar-refractivity contribution >= 4 is 11.9 Å². The van der Waals surface area contributed by atoms with Gasteiger partial charge in [-0.25, -0.2) is 0 Å². The predicted molar refractivity (Wildman–Crippen MR) is 107 cm³/mol. The number of carbonyl (C=O) groups is 2. The van der Waals surface area contributed by atoms with E-state index in [2.05, 4.69) is 22.1 Å². The lowest BCUT2D eigenvalue weighted by Gasteiger charge is -2.07. The summed E-state index contributed by atoms with van der Waals surface area (Å²) in [7, 11) is 0. The number of hydrogen-bond donors (Lipinski definition) is 2. The summed E-state index contributed by atoms with van der Waals surface area (Å²) in [5.74, 6) is -1.47. The maximum absolute atomic E-state index is 10.5. The van der Waals surface area contributed by atoms with Crippen LogP contribution in [0.15, 0.2) is 36.7 Å². The van der Waals surface area contributed by atoms with Gasteiger partial charge in [-0.3, -0.25) is 19.6 Å². The summed E-state index contributed by atoms with van der Waals surface area (Å²) in [6, 6.07) is 8.09. The number of nitrogens with zero attached hydrogens (tertiary/aromatic N) is 2. The largest absolute Gasteiger partial charge is 0.481 e. The van der Waals surface area contributed by atoms with Crippen LogP contribution in [0.1, 0.15) is 62.5 Å². The van der Waals surface area contributed by atoms with Crippen LogP contribution >= 0.6 is 0 Å². The molecule has 28 heavy (non-hydrogen) atoms. The molecular formula is C22H28N2O4. The normalized spacial score (nSPS) is 10.7. The molecule has 0 aliphatic carbocycles. The van der Waals surface area contributed by atoms with Gasteiger partial charge in [0.05, 0.1) is 11.4 Å². The summed E-state index contributed by atoms with van der Waals surface area (Å²) in [5, 5.41) is 17.4. The monoisotopic (exact) mass is 384 g/mol. The van der Waals surface area contributed by atoms with E-state index in [-0.39, 0.29) is 12.8 Å². The second-order valence-corrected chi connectivity index (χ2v) is 7.01. The number of rotatable bonds is 13. The number of carboxylic acids is 2. The smallest absolute Gasteiger partial charge is 0.303 e. The first kappa shape index (κ1) is 21.5. The third-order valence-electron chi connectivity index (χ3n) is 4.62. The van der Waals surface area contributed by atoms with Crippen molar-refractivity contribution in [1.82, 2.24) is 9.97 Å². The van der Waals surface area contributed by atoms with Gasteiger partial charge in [0.2, 0.25) is 0 Å². The van der Waals surface area contributed by atoms with Crippen molar-refractivity contribution in [2.45, 2.75) is 64.2 Å². The predicted octanol–water partition coefficient (Wildman–Crippen LogP) is 4.52. The van der Waals surface area contributed by atoms with Gasteiger partial charge in [0.1, 0.15) is 0 Å². The van der Waals surface area contributed by atoms with Crippen molar-refractivity contribution in [3.8, 4) is 11.4 Å². The molecule has 2 aromatic heterocycles. The fraction of sp³-hybridized carbons (Fsp3) is 0.455. The van der Waals surface area contributed by atoms with Crippen LogP contribution in [-0.2, 0) is 22.4 Å². The molecule has 0 aliphatic heterocycles. The second kappa shape index (κ2) is 11.8. The summed E-state index contributed by atoms with van der Waals surface area (Å²) in [6.07, 6.45) is 11.0. The van der Waals surface area contributed by atoms with Crippen molar-refractivity contribution in [2.24, 2.45) is 0 Å². The highest BCUT2D eigenvalue weighted by atomic mass is 16.4. The number of unbranched alkanes of at least 4 members (excludes halogenated alkanes) is 4. The minimum Gasteiger partial charge on any atom is -0.481 e. The maximum Gasteiger partial charge on any atom is 0.303 e. The van der Waals surface area contributed by atoms with Crippen LogP contribution in [0.4, 0.5) is 0 Å².